The fraction of sp³-hybridized carbons (Fsp3) is 0.500. The molecule has 0 aliphatic carbocycles. The van der Waals surface area contributed by atoms with Crippen molar-refractivity contribution < 1.29 is 33.8 Å². The van der Waals surface area contributed by atoms with Crippen molar-refractivity contribution in [2.45, 2.75) is 45.4 Å². The van der Waals surface area contributed by atoms with E-state index in [1.165, 1.54) is 25.3 Å². The van der Waals surface area contributed by atoms with Gasteiger partial charge in [-0.05, 0) is 33.1 Å². The average molecular weight is 477 g/mol. The summed E-state index contributed by atoms with van der Waals surface area (Å²) in [6.45, 7) is 3.76. The largest absolute Gasteiger partial charge is 0.462 e. The number of nitro groups is 1. The molecule has 0 spiro atoms. The van der Waals surface area contributed by atoms with E-state index in [2.05, 4.69) is 5.32 Å². The van der Waals surface area contributed by atoms with Crippen molar-refractivity contribution in [2.75, 3.05) is 33.5 Å². The summed E-state index contributed by atoms with van der Waals surface area (Å²) in [5.41, 5.74) is 1.08. The Hall–Kier alpha value is -3.24. The van der Waals surface area contributed by atoms with E-state index in [9.17, 15) is 19.7 Å². The number of nitro benzene ring substituents is 1. The predicted molar refractivity (Wildman–Crippen MR) is 124 cm³/mol. The molecule has 0 saturated carbocycles. The standard InChI is InChI=1S/C24H32N2O8/c1-16-20(23(28)33-13-9-5-4-8-12-27)22(18-10-6-7-11-19(18)26(30)31)21(17(2)25-16)24(29)34-15-14-32-3/h6-7,10-11,22,25,27H,4-5,8-9,12-15H2,1-3H3. The van der Waals surface area contributed by atoms with Gasteiger partial charge in [-0.3, -0.25) is 10.1 Å². The number of unbranched alkanes of at least 4 members (excludes halogenated alkanes) is 3. The molecular weight excluding hydrogens is 444 g/mol. The van der Waals surface area contributed by atoms with Crippen LogP contribution in [0.3, 0.4) is 0 Å². The molecule has 0 amide bonds. The Morgan fingerprint density at radius 2 is 1.56 bits per heavy atom. The molecule has 1 heterocycles. The Balaban J connectivity index is 2.43. The summed E-state index contributed by atoms with van der Waals surface area (Å²) in [5, 5.41) is 23.7. The third-order valence-electron chi connectivity index (χ3n) is 5.45. The van der Waals surface area contributed by atoms with Crippen LogP contribution in [0.5, 0.6) is 0 Å². The van der Waals surface area contributed by atoms with Gasteiger partial charge in [0.15, 0.2) is 0 Å². The maximum atomic E-state index is 13.2. The maximum Gasteiger partial charge on any atom is 0.336 e. The molecule has 0 radical (unpaired) electrons. The molecular formula is C24H32N2O8. The fourth-order valence-corrected chi connectivity index (χ4v) is 3.85. The van der Waals surface area contributed by atoms with E-state index in [1.807, 2.05) is 0 Å². The van der Waals surface area contributed by atoms with Crippen LogP contribution in [-0.2, 0) is 23.8 Å². The molecule has 2 N–H and O–H groups in total. The second-order valence-corrected chi connectivity index (χ2v) is 7.85. The van der Waals surface area contributed by atoms with Gasteiger partial charge in [-0.1, -0.05) is 24.6 Å². The summed E-state index contributed by atoms with van der Waals surface area (Å²) < 4.78 is 15.7. The maximum absolute atomic E-state index is 13.2. The van der Waals surface area contributed by atoms with E-state index >= 15 is 0 Å². The van der Waals surface area contributed by atoms with Crippen molar-refractivity contribution in [1.82, 2.24) is 5.32 Å². The number of rotatable bonds is 13. The smallest absolute Gasteiger partial charge is 0.336 e. The van der Waals surface area contributed by atoms with Crippen LogP contribution in [0, 0.1) is 10.1 Å². The van der Waals surface area contributed by atoms with Gasteiger partial charge in [0, 0.05) is 36.7 Å². The zero-order valence-corrected chi connectivity index (χ0v) is 19.8. The Bertz CT molecular complexity index is 954. The van der Waals surface area contributed by atoms with Gasteiger partial charge in [0.2, 0.25) is 0 Å². The molecule has 0 fully saturated rings. The van der Waals surface area contributed by atoms with Crippen LogP contribution in [0.1, 0.15) is 51.0 Å². The van der Waals surface area contributed by atoms with E-state index in [0.717, 1.165) is 12.8 Å². The number of nitrogens with zero attached hydrogens (tertiary/aromatic N) is 1. The van der Waals surface area contributed by atoms with E-state index in [1.54, 1.807) is 19.9 Å². The number of dihydropyridines is 1. The molecule has 0 aromatic heterocycles. The van der Waals surface area contributed by atoms with Gasteiger partial charge in [-0.2, -0.15) is 0 Å². The first-order valence-corrected chi connectivity index (χ1v) is 11.2. The molecule has 1 aromatic rings. The highest BCUT2D eigenvalue weighted by atomic mass is 16.6. The predicted octanol–water partition coefficient (Wildman–Crippen LogP) is 3.12. The van der Waals surface area contributed by atoms with Crippen LogP contribution < -0.4 is 5.32 Å². The minimum absolute atomic E-state index is 0.00790. The lowest BCUT2D eigenvalue weighted by molar-refractivity contribution is -0.385. The van der Waals surface area contributed by atoms with E-state index in [4.69, 9.17) is 19.3 Å². The Kier molecular flexibility index (Phi) is 10.7. The highest BCUT2D eigenvalue weighted by molar-refractivity contribution is 6.00. The number of allylic oxidation sites excluding steroid dienone is 2. The van der Waals surface area contributed by atoms with Crippen molar-refractivity contribution in [2.24, 2.45) is 0 Å². The Labute approximate surface area is 198 Å². The molecule has 0 saturated heterocycles. The monoisotopic (exact) mass is 476 g/mol. The molecule has 10 nitrogen and oxygen atoms in total. The summed E-state index contributed by atoms with van der Waals surface area (Å²) in [4.78, 5) is 37.5. The normalized spacial score (nSPS) is 15.7. The van der Waals surface area contributed by atoms with Gasteiger partial charge in [0.1, 0.15) is 6.61 Å². The number of carbonyl (C=O) groups excluding carboxylic acids is 2. The highest BCUT2D eigenvalue weighted by Gasteiger charge is 2.40. The number of aliphatic hydroxyl groups excluding tert-OH is 1. The van der Waals surface area contributed by atoms with Crippen LogP contribution in [0.4, 0.5) is 5.69 Å². The number of ether oxygens (including phenoxy) is 3. The minimum Gasteiger partial charge on any atom is -0.462 e. The number of hydrogen-bond donors (Lipinski definition) is 2. The van der Waals surface area contributed by atoms with Gasteiger partial charge in [-0.15, -0.1) is 0 Å². The Morgan fingerprint density at radius 3 is 2.15 bits per heavy atom. The second-order valence-electron chi connectivity index (χ2n) is 7.85. The molecule has 1 aromatic carbocycles. The number of carbonyl (C=O) groups is 2. The molecule has 1 aliphatic heterocycles. The molecule has 1 aliphatic rings. The van der Waals surface area contributed by atoms with Crippen LogP contribution in [0.25, 0.3) is 0 Å². The summed E-state index contributed by atoms with van der Waals surface area (Å²) in [6, 6.07) is 6.00. The quantitative estimate of drug-likeness (QED) is 0.190. The van der Waals surface area contributed by atoms with Gasteiger partial charge in [0.05, 0.1) is 35.2 Å². The third kappa shape index (κ3) is 6.88. The summed E-state index contributed by atoms with van der Waals surface area (Å²) >= 11 is 0. The summed E-state index contributed by atoms with van der Waals surface area (Å²) in [5.74, 6) is -2.41. The van der Waals surface area contributed by atoms with E-state index in [0.29, 0.717) is 24.2 Å². The van der Waals surface area contributed by atoms with Crippen LogP contribution in [0.15, 0.2) is 46.8 Å². The second kappa shape index (κ2) is 13.5. The van der Waals surface area contributed by atoms with Crippen molar-refractivity contribution in [3.63, 3.8) is 0 Å². The first kappa shape index (κ1) is 27.0. The van der Waals surface area contributed by atoms with Gasteiger partial charge in [0.25, 0.3) is 5.69 Å². The Morgan fingerprint density at radius 1 is 0.971 bits per heavy atom. The molecule has 34 heavy (non-hydrogen) atoms. The van der Waals surface area contributed by atoms with Gasteiger partial charge in [-0.25, -0.2) is 9.59 Å². The zero-order chi connectivity index (χ0) is 25.1. The summed E-state index contributed by atoms with van der Waals surface area (Å²) in [6.07, 6.45) is 2.90. The molecule has 186 valence electrons. The topological polar surface area (TPSA) is 137 Å². The number of benzene rings is 1. The van der Waals surface area contributed by atoms with E-state index < -0.39 is 22.8 Å². The molecule has 10 heteroatoms. The van der Waals surface area contributed by atoms with E-state index in [-0.39, 0.29) is 48.8 Å². The van der Waals surface area contributed by atoms with Crippen LogP contribution in [0.2, 0.25) is 0 Å². The average Bonchev–Trinajstić information content (AvgIpc) is 2.80. The van der Waals surface area contributed by atoms with Gasteiger partial charge >= 0.3 is 11.9 Å². The molecule has 0 bridgehead atoms. The zero-order valence-electron chi connectivity index (χ0n) is 19.8. The number of para-hydroxylation sites is 1. The molecule has 1 atom stereocenters. The lowest BCUT2D eigenvalue weighted by atomic mass is 9.79. The van der Waals surface area contributed by atoms with Crippen molar-refractivity contribution in [3.05, 3.63) is 62.5 Å². The third-order valence-corrected chi connectivity index (χ3v) is 5.45. The minimum atomic E-state index is -1.04. The number of aliphatic hydroxyl groups is 1. The van der Waals surface area contributed by atoms with Crippen LogP contribution >= 0.6 is 0 Å². The number of hydrogen-bond acceptors (Lipinski definition) is 9. The SMILES string of the molecule is COCCOC(=O)C1=C(C)NC(C)=C(C(=O)OCCCCCCO)C1c1ccccc1[N+](=O)[O-]. The lowest BCUT2D eigenvalue weighted by Crippen LogP contribution is -2.33. The molecule has 1 unspecified atom stereocenters. The first-order valence-electron chi connectivity index (χ1n) is 11.2. The fourth-order valence-electron chi connectivity index (χ4n) is 3.85. The van der Waals surface area contributed by atoms with Crippen LogP contribution in [-0.4, -0.2) is 55.5 Å². The van der Waals surface area contributed by atoms with Crippen molar-refractivity contribution in [1.29, 1.82) is 0 Å². The highest BCUT2D eigenvalue weighted by Crippen LogP contribution is 2.42. The summed E-state index contributed by atoms with van der Waals surface area (Å²) in [7, 11) is 1.47. The van der Waals surface area contributed by atoms with Crippen molar-refractivity contribution in [3.8, 4) is 0 Å². The number of nitrogens with one attached hydrogen (secondary N) is 1. The van der Waals surface area contributed by atoms with Crippen molar-refractivity contribution >= 4 is 17.6 Å². The molecule has 2 rings (SSSR count). The number of esters is 2. The first-order chi connectivity index (χ1) is 16.3. The lowest BCUT2D eigenvalue weighted by Gasteiger charge is -2.30. The van der Waals surface area contributed by atoms with Gasteiger partial charge < -0.3 is 24.6 Å². The number of methoxy groups -OCH3 is 1.